The third kappa shape index (κ3) is 26.7. The molecule has 11 nitrogen and oxygen atoms in total. The number of alkyl halides is 1. The normalized spacial score (nSPS) is 15.7. The molecule has 0 fully saturated rings. The standard InChI is InChI=1S/C35H45FO2.C33H41FO2.C32H38BrFO2.C18H17NO4/c1-27(2)35(28-17-16-18-29(36)25-28)33-20-13-12-19-31(33)32-22-21-30(26-34(32)35)38-24-15-11-9-7-5-4-6-8-10-14-23-37-3;1-33(26-16-15-17-27(34)24-26)31-19-12-11-18-29(31)30-21-20-28(25-32(30)33)36-23-14-10-8-6-4-3-5-7-9-13-22-35-2;1-35-21-12-8-6-4-2-3-5-7-9-13-22-36-27-19-20-29-28-17-10-11-18-30(28)32(33,31(29)24-27)25-15-14-16-26(34)23-25;1-11(17(20)21)19-18(22)23-10-16-14-8-4-2-6-12(14)13-7-3-5-9-15(13)16/h12-13,16-22,25-27H,4-11,14-15,23-24H2,1-3H3;11-12,15-21,24-25H,3-10,13-14,22-23H2,1-2H3;10-11,14-20,23-24H,2-9,12-13,21-22H2,1H3;2-9,11,16H,10H2,1H3,(H,19,22)(H,20,21). The van der Waals surface area contributed by atoms with Crippen LogP contribution in [0.4, 0.5) is 18.0 Å². The summed E-state index contributed by atoms with van der Waals surface area (Å²) in [4.78, 5) is 22.5. The number of fused-ring (bicyclic) bond motifs is 12. The van der Waals surface area contributed by atoms with Crippen molar-refractivity contribution in [3.8, 4) is 61.8 Å². The number of alkyl carbamates (subject to hydrolysis) is 1. The molecule has 0 heterocycles. The maximum atomic E-state index is 14.5. The molecular weight excluding hydrogens is 1730 g/mol. The van der Waals surface area contributed by atoms with E-state index >= 15 is 0 Å². The number of hydrogen-bond acceptors (Lipinski definition) is 9. The lowest BCUT2D eigenvalue weighted by molar-refractivity contribution is -0.138. The van der Waals surface area contributed by atoms with E-state index in [1.54, 1.807) is 51.7 Å². The van der Waals surface area contributed by atoms with E-state index in [9.17, 15) is 22.8 Å². The smallest absolute Gasteiger partial charge is 0.407 e. The minimum absolute atomic E-state index is 0.0340. The molecule has 15 rings (SSSR count). The van der Waals surface area contributed by atoms with Gasteiger partial charge in [-0.2, -0.15) is 0 Å². The zero-order valence-electron chi connectivity index (χ0n) is 79.7. The Kier molecular flexibility index (Phi) is 40.2. The number of amides is 1. The minimum Gasteiger partial charge on any atom is -0.494 e. The highest BCUT2D eigenvalue weighted by Crippen LogP contribution is 2.60. The van der Waals surface area contributed by atoms with Gasteiger partial charge in [-0.3, -0.25) is 4.79 Å². The summed E-state index contributed by atoms with van der Waals surface area (Å²) < 4.78 is 81.5. The van der Waals surface area contributed by atoms with Crippen LogP contribution < -0.4 is 19.5 Å². The van der Waals surface area contributed by atoms with Gasteiger partial charge in [0.15, 0.2) is 0 Å². The topological polar surface area (TPSA) is 131 Å². The van der Waals surface area contributed by atoms with E-state index in [-0.39, 0.29) is 35.9 Å². The molecule has 133 heavy (non-hydrogen) atoms. The van der Waals surface area contributed by atoms with E-state index in [2.05, 4.69) is 182 Å². The lowest BCUT2D eigenvalue weighted by atomic mass is 9.65. The first-order valence-electron chi connectivity index (χ1n) is 49.3. The number of hydrogen-bond donors (Lipinski definition) is 2. The Morgan fingerprint density at radius 2 is 0.654 bits per heavy atom. The second-order valence-corrected chi connectivity index (χ2v) is 37.9. The van der Waals surface area contributed by atoms with Crippen LogP contribution in [0.3, 0.4) is 0 Å². The van der Waals surface area contributed by atoms with Gasteiger partial charge in [-0.15, -0.1) is 0 Å². The molecule has 11 aromatic rings. The molecule has 4 atom stereocenters. The summed E-state index contributed by atoms with van der Waals surface area (Å²) in [6.45, 7) is 13.1. The van der Waals surface area contributed by atoms with Crippen LogP contribution in [0.1, 0.15) is 287 Å². The predicted molar refractivity (Wildman–Crippen MR) is 540 cm³/mol. The molecule has 0 radical (unpaired) electrons. The lowest BCUT2D eigenvalue weighted by Gasteiger charge is -2.37. The maximum Gasteiger partial charge on any atom is 0.407 e. The zero-order chi connectivity index (χ0) is 93.6. The molecule has 4 aliphatic rings. The molecule has 4 unspecified atom stereocenters. The van der Waals surface area contributed by atoms with Crippen molar-refractivity contribution in [1.29, 1.82) is 0 Å². The van der Waals surface area contributed by atoms with E-state index in [0.29, 0.717) is 0 Å². The number of benzene rings is 11. The fourth-order valence-corrected chi connectivity index (χ4v) is 21.0. The van der Waals surface area contributed by atoms with Crippen molar-refractivity contribution in [2.24, 2.45) is 5.92 Å². The number of halogens is 4. The highest BCUT2D eigenvalue weighted by Gasteiger charge is 2.48. The van der Waals surface area contributed by atoms with Gasteiger partial charge < -0.3 is 43.6 Å². The Labute approximate surface area is 799 Å². The van der Waals surface area contributed by atoms with Gasteiger partial charge in [0.1, 0.15) is 51.7 Å². The number of carboxylic acids is 1. The average Bonchev–Trinajstić information content (AvgIpc) is 1.55. The molecule has 1 amide bonds. The van der Waals surface area contributed by atoms with E-state index < -0.39 is 33.3 Å². The number of carbonyl (C=O) groups excluding carboxylic acids is 1. The SMILES string of the molecule is CC(NC(=O)OCC1c2ccccc2-c2ccccc21)C(=O)O.COCCCCCCCCCCCCOc1ccc2c(c1)C(Br)(c1cccc(F)c1)c1ccccc1-2.COCCCCCCCCCCCCOc1ccc2c(c1)C(C)(c1cccc(F)c1)c1ccccc1-2.COCCCCCCCCCCCCOc1ccc2c(c1)C(c1cccc(F)c1)(C(C)C)c1ccccc1-2. The van der Waals surface area contributed by atoms with Gasteiger partial charge in [0, 0.05) is 57.9 Å². The average molecular weight is 1870 g/mol. The Bertz CT molecular complexity index is 5240. The molecular formula is C118H141BrF3NO10. The molecule has 706 valence electrons. The Morgan fingerprint density at radius 1 is 0.338 bits per heavy atom. The van der Waals surface area contributed by atoms with Crippen LogP contribution in [0.25, 0.3) is 44.5 Å². The summed E-state index contributed by atoms with van der Waals surface area (Å²) in [5.41, 5.74) is 21.0. The van der Waals surface area contributed by atoms with E-state index in [0.717, 1.165) is 132 Å². The first kappa shape index (κ1) is 102. The Hall–Kier alpha value is -10.3. The fraction of sp³-hybridized carbons (Fsp3) is 0.424. The van der Waals surface area contributed by atoms with E-state index in [1.165, 1.54) is 249 Å². The van der Waals surface area contributed by atoms with Crippen molar-refractivity contribution in [1.82, 2.24) is 5.32 Å². The summed E-state index contributed by atoms with van der Waals surface area (Å²) in [6.07, 6.45) is 37.5. The van der Waals surface area contributed by atoms with Gasteiger partial charge in [0.2, 0.25) is 0 Å². The van der Waals surface area contributed by atoms with Crippen LogP contribution in [0.15, 0.2) is 249 Å². The molecule has 11 aromatic carbocycles. The molecule has 0 saturated heterocycles. The van der Waals surface area contributed by atoms with Gasteiger partial charge >= 0.3 is 12.1 Å². The summed E-state index contributed by atoms with van der Waals surface area (Å²) in [5.74, 6) is 1.17. The lowest BCUT2D eigenvalue weighted by Crippen LogP contribution is -2.39. The Morgan fingerprint density at radius 3 is 1.08 bits per heavy atom. The van der Waals surface area contributed by atoms with Gasteiger partial charge in [0.05, 0.1) is 19.8 Å². The largest absolute Gasteiger partial charge is 0.494 e. The number of carbonyl (C=O) groups is 2. The maximum absolute atomic E-state index is 14.5. The van der Waals surface area contributed by atoms with Crippen molar-refractivity contribution in [3.05, 3.63) is 327 Å². The minimum atomic E-state index is -1.10. The van der Waals surface area contributed by atoms with Gasteiger partial charge in [-0.05, 0) is 237 Å². The van der Waals surface area contributed by atoms with Crippen LogP contribution in [-0.2, 0) is 38.9 Å². The quantitative estimate of drug-likeness (QED) is 0.0281. The van der Waals surface area contributed by atoms with Crippen molar-refractivity contribution < 1.29 is 61.0 Å². The fourth-order valence-electron chi connectivity index (χ4n) is 20.1. The van der Waals surface area contributed by atoms with Crippen LogP contribution in [0.5, 0.6) is 17.2 Å². The number of ether oxygens (including phenoxy) is 7. The molecule has 15 heteroatoms. The number of unbranched alkanes of at least 4 members (excludes halogenated alkanes) is 27. The summed E-state index contributed by atoms with van der Waals surface area (Å²) in [6, 6.07) is 80.8. The van der Waals surface area contributed by atoms with Crippen LogP contribution in [-0.4, -0.2) is 90.8 Å². The highest BCUT2D eigenvalue weighted by atomic mass is 79.9. The summed E-state index contributed by atoms with van der Waals surface area (Å²) in [7, 11) is 5.34. The summed E-state index contributed by atoms with van der Waals surface area (Å²) in [5, 5.41) is 11.1. The monoisotopic (exact) mass is 1870 g/mol. The number of carboxylic acid groups (broad SMARTS) is 1. The van der Waals surface area contributed by atoms with Crippen molar-refractivity contribution in [2.45, 2.75) is 247 Å². The summed E-state index contributed by atoms with van der Waals surface area (Å²) >= 11 is 4.04. The van der Waals surface area contributed by atoms with Crippen LogP contribution in [0, 0.1) is 23.4 Å². The van der Waals surface area contributed by atoms with Gasteiger partial charge in [-0.25, -0.2) is 18.0 Å². The second-order valence-electron chi connectivity index (χ2n) is 36.7. The highest BCUT2D eigenvalue weighted by molar-refractivity contribution is 9.10. The molecule has 0 aromatic heterocycles. The van der Waals surface area contributed by atoms with Crippen molar-refractivity contribution in [2.75, 3.05) is 67.6 Å². The van der Waals surface area contributed by atoms with E-state index in [1.807, 2.05) is 60.7 Å². The van der Waals surface area contributed by atoms with Crippen LogP contribution >= 0.6 is 15.9 Å². The van der Waals surface area contributed by atoms with Gasteiger partial charge in [-0.1, -0.05) is 360 Å². The van der Waals surface area contributed by atoms with Crippen molar-refractivity contribution >= 4 is 28.0 Å². The van der Waals surface area contributed by atoms with Gasteiger partial charge in [0.25, 0.3) is 0 Å². The third-order valence-electron chi connectivity index (χ3n) is 27.1. The molecule has 0 saturated carbocycles. The molecule has 2 N–H and O–H groups in total. The van der Waals surface area contributed by atoms with Crippen molar-refractivity contribution in [3.63, 3.8) is 0 Å². The first-order valence-corrected chi connectivity index (χ1v) is 50.1. The zero-order valence-corrected chi connectivity index (χ0v) is 81.3. The van der Waals surface area contributed by atoms with Crippen LogP contribution in [0.2, 0.25) is 0 Å². The number of nitrogens with one attached hydrogen (secondary N) is 1. The predicted octanol–water partition coefficient (Wildman–Crippen LogP) is 31.2. The molecule has 4 aliphatic carbocycles. The molecule has 0 bridgehead atoms. The molecule has 0 aliphatic heterocycles. The Balaban J connectivity index is 0.000000162. The first-order chi connectivity index (χ1) is 64.9. The third-order valence-corrected chi connectivity index (χ3v) is 28.5. The van der Waals surface area contributed by atoms with E-state index in [4.69, 9.17) is 38.3 Å². The second kappa shape index (κ2) is 52.5. The number of methoxy groups -OCH3 is 3. The number of rotatable bonds is 50. The molecule has 0 spiro atoms. The number of aliphatic carboxylic acids is 1.